The van der Waals surface area contributed by atoms with Crippen LogP contribution in [0.3, 0.4) is 0 Å². The van der Waals surface area contributed by atoms with Gasteiger partial charge in [0, 0.05) is 16.9 Å². The molecule has 0 amide bonds. The van der Waals surface area contributed by atoms with Crippen LogP contribution in [0.5, 0.6) is 0 Å². The van der Waals surface area contributed by atoms with Crippen molar-refractivity contribution < 1.29 is 16.8 Å². The molecule has 3 aromatic carbocycles. The van der Waals surface area contributed by atoms with Crippen molar-refractivity contribution in [1.29, 1.82) is 0 Å². The molecule has 0 saturated heterocycles. The van der Waals surface area contributed by atoms with Crippen LogP contribution < -0.4 is 9.44 Å². The lowest BCUT2D eigenvalue weighted by Crippen LogP contribution is -2.14. The van der Waals surface area contributed by atoms with Crippen LogP contribution >= 0.6 is 11.3 Å². The van der Waals surface area contributed by atoms with Crippen molar-refractivity contribution in [3.05, 3.63) is 91.1 Å². The third-order valence-electron chi connectivity index (χ3n) is 4.21. The number of anilines is 2. The summed E-state index contributed by atoms with van der Waals surface area (Å²) < 4.78 is 55.4. The van der Waals surface area contributed by atoms with Gasteiger partial charge in [-0.1, -0.05) is 48.5 Å². The highest BCUT2D eigenvalue weighted by Crippen LogP contribution is 2.29. The highest BCUT2D eigenvalue weighted by atomic mass is 32.2. The van der Waals surface area contributed by atoms with Gasteiger partial charge in [-0.2, -0.15) is 0 Å². The van der Waals surface area contributed by atoms with Gasteiger partial charge in [0.25, 0.3) is 20.0 Å². The van der Waals surface area contributed by atoms with E-state index in [2.05, 4.69) is 14.4 Å². The Kier molecular flexibility index (Phi) is 5.77. The number of hydrogen-bond donors (Lipinski definition) is 2. The number of para-hydroxylation sites is 1. The molecule has 158 valence electrons. The minimum Gasteiger partial charge on any atom is -0.280 e. The maximum absolute atomic E-state index is 12.7. The van der Waals surface area contributed by atoms with Crippen LogP contribution in [0.2, 0.25) is 0 Å². The minimum atomic E-state index is -3.86. The molecule has 31 heavy (non-hydrogen) atoms. The number of thiazole rings is 1. The van der Waals surface area contributed by atoms with Gasteiger partial charge in [0.1, 0.15) is 5.01 Å². The first-order chi connectivity index (χ1) is 14.8. The molecular formula is C21H17N3O4S3. The molecule has 2 N–H and O–H groups in total. The zero-order valence-electron chi connectivity index (χ0n) is 16.0. The van der Waals surface area contributed by atoms with E-state index in [0.29, 0.717) is 10.7 Å². The fraction of sp³-hybridized carbons (Fsp3) is 0. The number of nitrogens with zero attached hydrogens (tertiary/aromatic N) is 1. The average molecular weight is 472 g/mol. The summed E-state index contributed by atoms with van der Waals surface area (Å²) in [7, 11) is -7.64. The molecule has 0 radical (unpaired) electrons. The summed E-state index contributed by atoms with van der Waals surface area (Å²) in [6.45, 7) is 0. The van der Waals surface area contributed by atoms with Crippen molar-refractivity contribution in [3.8, 4) is 10.6 Å². The molecule has 1 heterocycles. The van der Waals surface area contributed by atoms with E-state index in [9.17, 15) is 16.8 Å². The summed E-state index contributed by atoms with van der Waals surface area (Å²) in [6.07, 6.45) is 1.30. The molecular weight excluding hydrogens is 454 g/mol. The van der Waals surface area contributed by atoms with Crippen LogP contribution in [-0.4, -0.2) is 21.8 Å². The standard InChI is InChI=1S/C21H17N3O4S3/c25-30(26,23-17-9-5-2-6-10-17)19-13-11-18(12-14-19)24-31(27,28)20-15-22-21(29-20)16-7-3-1-4-8-16/h1-15,23-24H. The summed E-state index contributed by atoms with van der Waals surface area (Å²) in [4.78, 5) is 4.21. The van der Waals surface area contributed by atoms with Gasteiger partial charge in [0.2, 0.25) is 0 Å². The molecule has 1 aromatic heterocycles. The van der Waals surface area contributed by atoms with E-state index in [-0.39, 0.29) is 14.8 Å². The zero-order valence-corrected chi connectivity index (χ0v) is 18.4. The molecule has 7 nitrogen and oxygen atoms in total. The first-order valence-electron chi connectivity index (χ1n) is 9.05. The van der Waals surface area contributed by atoms with Crippen LogP contribution in [-0.2, 0) is 20.0 Å². The monoisotopic (exact) mass is 471 g/mol. The van der Waals surface area contributed by atoms with Crippen LogP contribution in [0.25, 0.3) is 10.6 Å². The molecule has 0 aliphatic carbocycles. The summed E-state index contributed by atoms with van der Waals surface area (Å²) in [5, 5.41) is 0.592. The van der Waals surface area contributed by atoms with E-state index in [1.807, 2.05) is 30.3 Å². The van der Waals surface area contributed by atoms with E-state index in [0.717, 1.165) is 16.9 Å². The van der Waals surface area contributed by atoms with Crippen molar-refractivity contribution >= 4 is 42.8 Å². The molecule has 0 spiro atoms. The third-order valence-corrected chi connectivity index (χ3v) is 8.50. The Hall–Kier alpha value is -3.21. The predicted octanol–water partition coefficient (Wildman–Crippen LogP) is 4.41. The molecule has 0 aliphatic rings. The van der Waals surface area contributed by atoms with Gasteiger partial charge < -0.3 is 0 Å². The number of rotatable bonds is 7. The lowest BCUT2D eigenvalue weighted by molar-refractivity contribution is 0.600. The molecule has 0 saturated carbocycles. The van der Waals surface area contributed by atoms with E-state index in [1.165, 1.54) is 30.5 Å². The fourth-order valence-corrected chi connectivity index (χ4v) is 5.98. The number of sulfonamides is 2. The smallest absolute Gasteiger partial charge is 0.273 e. The summed E-state index contributed by atoms with van der Waals surface area (Å²) in [6, 6.07) is 23.3. The molecule has 0 fully saturated rings. The maximum atomic E-state index is 12.7. The molecule has 4 rings (SSSR count). The Morgan fingerprint density at radius 3 is 1.84 bits per heavy atom. The van der Waals surface area contributed by atoms with E-state index in [1.54, 1.807) is 30.3 Å². The molecule has 0 unspecified atom stereocenters. The normalized spacial score (nSPS) is 11.7. The largest absolute Gasteiger partial charge is 0.280 e. The van der Waals surface area contributed by atoms with Crippen molar-refractivity contribution in [2.75, 3.05) is 9.44 Å². The second-order valence-corrected chi connectivity index (χ2v) is 11.1. The molecule has 0 aliphatic heterocycles. The third kappa shape index (κ3) is 4.93. The van der Waals surface area contributed by atoms with Gasteiger partial charge >= 0.3 is 0 Å². The first-order valence-corrected chi connectivity index (χ1v) is 12.8. The average Bonchev–Trinajstić information content (AvgIpc) is 3.26. The van der Waals surface area contributed by atoms with Crippen LogP contribution in [0.1, 0.15) is 0 Å². The summed E-state index contributed by atoms with van der Waals surface area (Å²) >= 11 is 1.05. The topological polar surface area (TPSA) is 105 Å². The molecule has 10 heteroatoms. The first kappa shape index (κ1) is 21.0. The number of aromatic nitrogens is 1. The van der Waals surface area contributed by atoms with E-state index < -0.39 is 20.0 Å². The van der Waals surface area contributed by atoms with E-state index >= 15 is 0 Å². The molecule has 0 bridgehead atoms. The Morgan fingerprint density at radius 1 is 0.645 bits per heavy atom. The van der Waals surface area contributed by atoms with Crippen LogP contribution in [0.15, 0.2) is 100 Å². The van der Waals surface area contributed by atoms with Gasteiger partial charge in [0.05, 0.1) is 11.1 Å². The fourth-order valence-electron chi connectivity index (χ4n) is 2.73. The second-order valence-electron chi connectivity index (χ2n) is 6.45. The van der Waals surface area contributed by atoms with Crippen molar-refractivity contribution in [1.82, 2.24) is 4.98 Å². The van der Waals surface area contributed by atoms with Gasteiger partial charge in [-0.3, -0.25) is 9.44 Å². The van der Waals surface area contributed by atoms with Gasteiger partial charge in [-0.15, -0.1) is 11.3 Å². The highest BCUT2D eigenvalue weighted by molar-refractivity contribution is 7.94. The molecule has 0 atom stereocenters. The molecule has 4 aromatic rings. The Balaban J connectivity index is 1.50. The SMILES string of the molecule is O=S(=O)(Nc1ccccc1)c1ccc(NS(=O)(=O)c2cnc(-c3ccccc3)s2)cc1. The number of benzene rings is 3. The number of hydrogen-bond acceptors (Lipinski definition) is 6. The maximum Gasteiger partial charge on any atom is 0.273 e. The van der Waals surface area contributed by atoms with Gasteiger partial charge in [0.15, 0.2) is 4.21 Å². The van der Waals surface area contributed by atoms with Crippen molar-refractivity contribution in [3.63, 3.8) is 0 Å². The van der Waals surface area contributed by atoms with Crippen molar-refractivity contribution in [2.24, 2.45) is 0 Å². The van der Waals surface area contributed by atoms with E-state index in [4.69, 9.17) is 0 Å². The quantitative estimate of drug-likeness (QED) is 0.415. The minimum absolute atomic E-state index is 0.0171. The lowest BCUT2D eigenvalue weighted by atomic mass is 10.2. The summed E-state index contributed by atoms with van der Waals surface area (Å²) in [5.41, 5.74) is 1.51. The van der Waals surface area contributed by atoms with Crippen molar-refractivity contribution in [2.45, 2.75) is 9.10 Å². The second kappa shape index (κ2) is 8.50. The van der Waals surface area contributed by atoms with Gasteiger partial charge in [-0.25, -0.2) is 21.8 Å². The van der Waals surface area contributed by atoms with Crippen LogP contribution in [0, 0.1) is 0 Å². The highest BCUT2D eigenvalue weighted by Gasteiger charge is 2.20. The zero-order chi connectivity index (χ0) is 21.9. The van der Waals surface area contributed by atoms with Gasteiger partial charge in [-0.05, 0) is 36.4 Å². The summed E-state index contributed by atoms with van der Waals surface area (Å²) in [5.74, 6) is 0. The Morgan fingerprint density at radius 2 is 1.19 bits per heavy atom. The Labute approximate surface area is 184 Å². The van der Waals surface area contributed by atoms with Crippen LogP contribution in [0.4, 0.5) is 11.4 Å². The predicted molar refractivity (Wildman–Crippen MR) is 122 cm³/mol. The lowest BCUT2D eigenvalue weighted by Gasteiger charge is -2.09. The number of nitrogens with one attached hydrogen (secondary N) is 2. The Bertz CT molecular complexity index is 1390.